The monoisotopic (exact) mass is 256 g/mol. The molecule has 0 spiro atoms. The fraction of sp³-hybridized carbons (Fsp3) is 0.538. The van der Waals surface area contributed by atoms with Gasteiger partial charge in [-0.3, -0.25) is 4.90 Å². The SMILES string of the molecule is NCCN(Cc1cccc(Cl)c1F)C1CCC1. The maximum atomic E-state index is 13.8. The van der Waals surface area contributed by atoms with E-state index < -0.39 is 0 Å². The van der Waals surface area contributed by atoms with Crippen LogP contribution in [0.25, 0.3) is 0 Å². The Morgan fingerprint density at radius 1 is 1.41 bits per heavy atom. The van der Waals surface area contributed by atoms with Crippen molar-refractivity contribution in [2.45, 2.75) is 31.8 Å². The van der Waals surface area contributed by atoms with Crippen molar-refractivity contribution in [1.29, 1.82) is 0 Å². The second-order valence-electron chi connectivity index (χ2n) is 4.56. The highest BCUT2D eigenvalue weighted by Crippen LogP contribution is 2.27. The van der Waals surface area contributed by atoms with Gasteiger partial charge in [0.05, 0.1) is 5.02 Å². The lowest BCUT2D eigenvalue weighted by molar-refractivity contribution is 0.122. The quantitative estimate of drug-likeness (QED) is 0.878. The van der Waals surface area contributed by atoms with E-state index in [-0.39, 0.29) is 10.8 Å². The Bertz CT molecular complexity index is 380. The molecule has 0 radical (unpaired) electrons. The molecule has 1 aliphatic carbocycles. The zero-order chi connectivity index (χ0) is 12.3. The van der Waals surface area contributed by atoms with Gasteiger partial charge in [-0.15, -0.1) is 0 Å². The van der Waals surface area contributed by atoms with Crippen LogP contribution in [0, 0.1) is 5.82 Å². The van der Waals surface area contributed by atoms with Gasteiger partial charge in [0, 0.05) is 31.2 Å². The Morgan fingerprint density at radius 2 is 2.18 bits per heavy atom. The minimum absolute atomic E-state index is 0.198. The van der Waals surface area contributed by atoms with Crippen LogP contribution in [-0.2, 0) is 6.54 Å². The second kappa shape index (κ2) is 5.80. The Balaban J connectivity index is 2.08. The first-order chi connectivity index (χ1) is 8.22. The van der Waals surface area contributed by atoms with E-state index in [0.29, 0.717) is 24.7 Å². The summed E-state index contributed by atoms with van der Waals surface area (Å²) in [4.78, 5) is 2.26. The lowest BCUT2D eigenvalue weighted by Gasteiger charge is -2.37. The van der Waals surface area contributed by atoms with Crippen LogP contribution < -0.4 is 5.73 Å². The van der Waals surface area contributed by atoms with Crippen LogP contribution in [0.3, 0.4) is 0 Å². The first-order valence-corrected chi connectivity index (χ1v) is 6.47. The number of benzene rings is 1. The maximum Gasteiger partial charge on any atom is 0.146 e. The zero-order valence-corrected chi connectivity index (χ0v) is 10.6. The van der Waals surface area contributed by atoms with Crippen LogP contribution in [0.2, 0.25) is 5.02 Å². The standard InChI is InChI=1S/C13H18ClFN2/c14-12-6-1-3-10(13(12)15)9-17(8-7-16)11-4-2-5-11/h1,3,6,11H,2,4-5,7-9,16H2. The van der Waals surface area contributed by atoms with Gasteiger partial charge in [-0.25, -0.2) is 4.39 Å². The summed E-state index contributed by atoms with van der Waals surface area (Å²) in [5.74, 6) is -0.296. The molecule has 1 saturated carbocycles. The van der Waals surface area contributed by atoms with E-state index in [0.717, 1.165) is 6.54 Å². The van der Waals surface area contributed by atoms with E-state index in [1.54, 1.807) is 18.2 Å². The molecule has 17 heavy (non-hydrogen) atoms. The molecule has 1 aromatic carbocycles. The third-order valence-corrected chi connectivity index (χ3v) is 3.70. The summed E-state index contributed by atoms with van der Waals surface area (Å²) in [7, 11) is 0. The zero-order valence-electron chi connectivity index (χ0n) is 9.83. The average Bonchev–Trinajstić information content (AvgIpc) is 2.22. The summed E-state index contributed by atoms with van der Waals surface area (Å²) in [6.45, 7) is 2.03. The molecule has 2 N–H and O–H groups in total. The van der Waals surface area contributed by atoms with E-state index in [4.69, 9.17) is 17.3 Å². The van der Waals surface area contributed by atoms with Crippen LogP contribution in [0.1, 0.15) is 24.8 Å². The van der Waals surface area contributed by atoms with Crippen molar-refractivity contribution in [2.24, 2.45) is 5.73 Å². The molecule has 2 rings (SSSR count). The lowest BCUT2D eigenvalue weighted by Crippen LogP contribution is -2.42. The first kappa shape index (κ1) is 12.8. The average molecular weight is 257 g/mol. The van der Waals surface area contributed by atoms with Gasteiger partial charge < -0.3 is 5.73 Å². The van der Waals surface area contributed by atoms with Crippen molar-refractivity contribution in [3.8, 4) is 0 Å². The Hall–Kier alpha value is -0.640. The molecule has 1 fully saturated rings. The van der Waals surface area contributed by atoms with Crippen molar-refractivity contribution in [1.82, 2.24) is 4.90 Å². The van der Waals surface area contributed by atoms with Gasteiger partial charge in [0.25, 0.3) is 0 Å². The molecule has 1 aromatic rings. The van der Waals surface area contributed by atoms with E-state index in [1.165, 1.54) is 19.3 Å². The molecule has 2 nitrogen and oxygen atoms in total. The number of hydrogen-bond donors (Lipinski definition) is 1. The van der Waals surface area contributed by atoms with E-state index in [9.17, 15) is 4.39 Å². The molecular formula is C13H18ClFN2. The van der Waals surface area contributed by atoms with Crippen molar-refractivity contribution in [2.75, 3.05) is 13.1 Å². The topological polar surface area (TPSA) is 29.3 Å². The highest BCUT2D eigenvalue weighted by atomic mass is 35.5. The summed E-state index contributed by atoms with van der Waals surface area (Å²) in [6.07, 6.45) is 3.66. The molecule has 0 unspecified atom stereocenters. The van der Waals surface area contributed by atoms with Crippen LogP contribution >= 0.6 is 11.6 Å². The van der Waals surface area contributed by atoms with Crippen molar-refractivity contribution >= 4 is 11.6 Å². The Labute approximate surface area is 107 Å². The van der Waals surface area contributed by atoms with E-state index >= 15 is 0 Å². The van der Waals surface area contributed by atoms with Crippen LogP contribution in [0.4, 0.5) is 4.39 Å². The predicted octanol–water partition coefficient (Wildman–Crippen LogP) is 2.79. The van der Waals surface area contributed by atoms with Crippen molar-refractivity contribution in [3.63, 3.8) is 0 Å². The van der Waals surface area contributed by atoms with Gasteiger partial charge in [-0.05, 0) is 18.9 Å². The molecule has 94 valence electrons. The molecule has 0 amide bonds. The Morgan fingerprint density at radius 3 is 2.76 bits per heavy atom. The normalized spacial score (nSPS) is 16.2. The molecule has 0 atom stereocenters. The van der Waals surface area contributed by atoms with E-state index in [2.05, 4.69) is 4.90 Å². The lowest BCUT2D eigenvalue weighted by atomic mass is 9.91. The summed E-state index contributed by atoms with van der Waals surface area (Å²) in [5.41, 5.74) is 6.27. The number of nitrogens with zero attached hydrogens (tertiary/aromatic N) is 1. The predicted molar refractivity (Wildman–Crippen MR) is 68.5 cm³/mol. The maximum absolute atomic E-state index is 13.8. The van der Waals surface area contributed by atoms with Gasteiger partial charge in [-0.1, -0.05) is 30.2 Å². The van der Waals surface area contributed by atoms with Crippen LogP contribution in [-0.4, -0.2) is 24.0 Å². The molecule has 0 aliphatic heterocycles. The third kappa shape index (κ3) is 2.97. The molecule has 1 aliphatic rings. The summed E-state index contributed by atoms with van der Waals surface area (Å²) >= 11 is 5.78. The molecule has 0 saturated heterocycles. The summed E-state index contributed by atoms with van der Waals surface area (Å²) in [6, 6.07) is 5.74. The minimum atomic E-state index is -0.296. The number of nitrogens with two attached hydrogens (primary N) is 1. The minimum Gasteiger partial charge on any atom is -0.329 e. The van der Waals surface area contributed by atoms with Crippen molar-refractivity contribution in [3.05, 3.63) is 34.6 Å². The summed E-state index contributed by atoms with van der Waals surface area (Å²) in [5, 5.41) is 0.198. The highest BCUT2D eigenvalue weighted by molar-refractivity contribution is 6.30. The van der Waals surface area contributed by atoms with Gasteiger partial charge in [0.1, 0.15) is 5.82 Å². The smallest absolute Gasteiger partial charge is 0.146 e. The largest absolute Gasteiger partial charge is 0.329 e. The fourth-order valence-electron chi connectivity index (χ4n) is 2.20. The summed E-state index contributed by atoms with van der Waals surface area (Å²) < 4.78 is 13.8. The highest BCUT2D eigenvalue weighted by Gasteiger charge is 2.25. The number of halogens is 2. The van der Waals surface area contributed by atoms with Crippen molar-refractivity contribution < 1.29 is 4.39 Å². The first-order valence-electron chi connectivity index (χ1n) is 6.09. The third-order valence-electron chi connectivity index (χ3n) is 3.41. The van der Waals surface area contributed by atoms with Gasteiger partial charge in [0.2, 0.25) is 0 Å². The van der Waals surface area contributed by atoms with Gasteiger partial charge in [-0.2, -0.15) is 0 Å². The van der Waals surface area contributed by atoms with Crippen LogP contribution in [0.5, 0.6) is 0 Å². The second-order valence-corrected chi connectivity index (χ2v) is 4.96. The van der Waals surface area contributed by atoms with Gasteiger partial charge in [0.15, 0.2) is 0 Å². The molecule has 0 heterocycles. The Kier molecular flexibility index (Phi) is 4.37. The fourth-order valence-corrected chi connectivity index (χ4v) is 2.39. The molecule has 0 aromatic heterocycles. The van der Waals surface area contributed by atoms with Gasteiger partial charge >= 0.3 is 0 Å². The van der Waals surface area contributed by atoms with E-state index in [1.807, 2.05) is 0 Å². The van der Waals surface area contributed by atoms with Crippen LogP contribution in [0.15, 0.2) is 18.2 Å². The molecule has 4 heteroatoms. The number of rotatable bonds is 5. The molecular weight excluding hydrogens is 239 g/mol. The molecule has 0 bridgehead atoms. The number of hydrogen-bond acceptors (Lipinski definition) is 2.